The van der Waals surface area contributed by atoms with Gasteiger partial charge in [-0.25, -0.2) is 0 Å². The Bertz CT molecular complexity index is 543. The Morgan fingerprint density at radius 1 is 1.00 bits per heavy atom. The van der Waals surface area contributed by atoms with Gasteiger partial charge in [0.05, 0.1) is 12.7 Å². The average Bonchev–Trinajstić information content (AvgIpc) is 2.96. The Balaban J connectivity index is 1.60. The molecule has 0 amide bonds. The van der Waals surface area contributed by atoms with Gasteiger partial charge in [-0.05, 0) is 38.1 Å². The zero-order chi connectivity index (χ0) is 13.8. The minimum absolute atomic E-state index is 0.742. The second-order valence-electron chi connectivity index (χ2n) is 5.28. The molecule has 0 atom stereocenters. The molecular formula is C15H19ClN4. The van der Waals surface area contributed by atoms with Gasteiger partial charge in [0, 0.05) is 17.1 Å². The first kappa shape index (κ1) is 13.6. The third kappa shape index (κ3) is 3.38. The number of nitrogens with zero attached hydrogens (tertiary/aromatic N) is 4. The summed E-state index contributed by atoms with van der Waals surface area (Å²) in [6.07, 6.45) is 6.04. The maximum Gasteiger partial charge on any atom is 0.113 e. The van der Waals surface area contributed by atoms with Crippen LogP contribution in [0.25, 0.3) is 11.3 Å². The summed E-state index contributed by atoms with van der Waals surface area (Å²) < 4.78 is 1.93. The molecule has 0 bridgehead atoms. The third-order valence-corrected chi connectivity index (χ3v) is 4.02. The van der Waals surface area contributed by atoms with Crippen molar-refractivity contribution in [2.45, 2.75) is 25.8 Å². The average molecular weight is 291 g/mol. The molecule has 2 heterocycles. The summed E-state index contributed by atoms with van der Waals surface area (Å²) >= 11 is 5.89. The van der Waals surface area contributed by atoms with E-state index in [4.69, 9.17) is 11.6 Å². The fourth-order valence-corrected chi connectivity index (χ4v) is 2.71. The van der Waals surface area contributed by atoms with Crippen LogP contribution in [0.1, 0.15) is 19.3 Å². The monoisotopic (exact) mass is 290 g/mol. The lowest BCUT2D eigenvalue weighted by molar-refractivity contribution is 0.217. The van der Waals surface area contributed by atoms with E-state index in [0.29, 0.717) is 0 Å². The summed E-state index contributed by atoms with van der Waals surface area (Å²) in [6.45, 7) is 4.40. The Hall–Kier alpha value is -1.39. The van der Waals surface area contributed by atoms with E-state index in [1.165, 1.54) is 32.4 Å². The molecule has 0 spiro atoms. The lowest BCUT2D eigenvalue weighted by Gasteiger charge is -2.25. The van der Waals surface area contributed by atoms with E-state index in [0.717, 1.165) is 29.4 Å². The van der Waals surface area contributed by atoms with E-state index in [1.54, 1.807) is 0 Å². The zero-order valence-electron chi connectivity index (χ0n) is 11.5. The molecule has 1 aromatic heterocycles. The van der Waals surface area contributed by atoms with Gasteiger partial charge in [0.15, 0.2) is 0 Å². The van der Waals surface area contributed by atoms with Crippen LogP contribution in [0.15, 0.2) is 30.5 Å². The van der Waals surface area contributed by atoms with Crippen LogP contribution >= 0.6 is 11.6 Å². The van der Waals surface area contributed by atoms with E-state index >= 15 is 0 Å². The highest BCUT2D eigenvalue weighted by Gasteiger charge is 2.10. The molecule has 1 aliphatic heterocycles. The summed E-state index contributed by atoms with van der Waals surface area (Å²) in [5.41, 5.74) is 1.96. The fraction of sp³-hybridized carbons (Fsp3) is 0.467. The van der Waals surface area contributed by atoms with E-state index < -0.39 is 0 Å². The van der Waals surface area contributed by atoms with Crippen LogP contribution in [0.4, 0.5) is 0 Å². The maximum absolute atomic E-state index is 5.89. The Morgan fingerprint density at radius 3 is 2.50 bits per heavy atom. The second kappa shape index (κ2) is 6.37. The second-order valence-corrected chi connectivity index (χ2v) is 5.71. The number of piperidine rings is 1. The molecule has 0 aliphatic carbocycles. The van der Waals surface area contributed by atoms with Crippen molar-refractivity contribution in [1.29, 1.82) is 0 Å². The number of aromatic nitrogens is 3. The summed E-state index contributed by atoms with van der Waals surface area (Å²) in [6, 6.07) is 7.70. The Morgan fingerprint density at radius 2 is 1.75 bits per heavy atom. The van der Waals surface area contributed by atoms with Gasteiger partial charge in [0.25, 0.3) is 0 Å². The highest BCUT2D eigenvalue weighted by Crippen LogP contribution is 2.18. The van der Waals surface area contributed by atoms with Crippen molar-refractivity contribution in [2.24, 2.45) is 0 Å². The minimum Gasteiger partial charge on any atom is -0.301 e. The topological polar surface area (TPSA) is 34.0 Å². The van der Waals surface area contributed by atoms with Gasteiger partial charge in [-0.2, -0.15) is 0 Å². The lowest BCUT2D eigenvalue weighted by Crippen LogP contribution is -2.32. The number of likely N-dealkylation sites (tertiary alicyclic amines) is 1. The largest absolute Gasteiger partial charge is 0.301 e. The summed E-state index contributed by atoms with van der Waals surface area (Å²) in [4.78, 5) is 2.51. The van der Waals surface area contributed by atoms with Gasteiger partial charge in [-0.15, -0.1) is 5.10 Å². The first-order chi connectivity index (χ1) is 9.81. The Labute approximate surface area is 124 Å². The van der Waals surface area contributed by atoms with Gasteiger partial charge >= 0.3 is 0 Å². The van der Waals surface area contributed by atoms with Gasteiger partial charge in [-0.3, -0.25) is 4.68 Å². The first-order valence-electron chi connectivity index (χ1n) is 7.20. The molecule has 2 aromatic rings. The lowest BCUT2D eigenvalue weighted by atomic mass is 10.1. The number of rotatable bonds is 4. The molecule has 0 unspecified atom stereocenters. The normalized spacial score (nSPS) is 16.4. The molecular weight excluding hydrogens is 272 g/mol. The summed E-state index contributed by atoms with van der Waals surface area (Å²) in [5, 5.41) is 9.18. The SMILES string of the molecule is Clc1ccc(-c2cn(CCN3CCCCC3)nn2)cc1. The van der Waals surface area contributed by atoms with Crippen molar-refractivity contribution in [3.63, 3.8) is 0 Å². The first-order valence-corrected chi connectivity index (χ1v) is 7.57. The molecule has 1 aromatic carbocycles. The number of benzene rings is 1. The highest BCUT2D eigenvalue weighted by atomic mass is 35.5. The van der Waals surface area contributed by atoms with Crippen LogP contribution in [0, 0.1) is 0 Å². The van der Waals surface area contributed by atoms with E-state index in [9.17, 15) is 0 Å². The smallest absolute Gasteiger partial charge is 0.113 e. The number of halogens is 1. The zero-order valence-corrected chi connectivity index (χ0v) is 12.3. The quantitative estimate of drug-likeness (QED) is 0.868. The van der Waals surface area contributed by atoms with Crippen LogP contribution in [0.5, 0.6) is 0 Å². The third-order valence-electron chi connectivity index (χ3n) is 3.77. The van der Waals surface area contributed by atoms with Gasteiger partial charge in [-0.1, -0.05) is 35.4 Å². The minimum atomic E-state index is 0.742. The van der Waals surface area contributed by atoms with E-state index in [2.05, 4.69) is 15.2 Å². The molecule has 1 saturated heterocycles. The molecule has 0 radical (unpaired) electrons. The molecule has 1 aliphatic rings. The number of hydrogen-bond acceptors (Lipinski definition) is 3. The van der Waals surface area contributed by atoms with Crippen LogP contribution in [-0.4, -0.2) is 39.5 Å². The fourth-order valence-electron chi connectivity index (χ4n) is 2.59. The van der Waals surface area contributed by atoms with Crippen molar-refractivity contribution >= 4 is 11.6 Å². The van der Waals surface area contributed by atoms with Crippen molar-refractivity contribution in [3.05, 3.63) is 35.5 Å². The van der Waals surface area contributed by atoms with Crippen molar-refractivity contribution in [2.75, 3.05) is 19.6 Å². The molecule has 106 valence electrons. The summed E-state index contributed by atoms with van der Waals surface area (Å²) in [5.74, 6) is 0. The van der Waals surface area contributed by atoms with Crippen molar-refractivity contribution in [1.82, 2.24) is 19.9 Å². The maximum atomic E-state index is 5.89. The van der Waals surface area contributed by atoms with Crippen LogP contribution in [-0.2, 0) is 6.54 Å². The van der Waals surface area contributed by atoms with Crippen molar-refractivity contribution in [3.8, 4) is 11.3 Å². The highest BCUT2D eigenvalue weighted by molar-refractivity contribution is 6.30. The van der Waals surface area contributed by atoms with Gasteiger partial charge in [0.1, 0.15) is 5.69 Å². The Kier molecular flexibility index (Phi) is 4.33. The van der Waals surface area contributed by atoms with Crippen molar-refractivity contribution < 1.29 is 0 Å². The van der Waals surface area contributed by atoms with Crippen LogP contribution in [0.2, 0.25) is 5.02 Å². The molecule has 1 fully saturated rings. The van der Waals surface area contributed by atoms with Gasteiger partial charge in [0.2, 0.25) is 0 Å². The summed E-state index contributed by atoms with van der Waals surface area (Å²) in [7, 11) is 0. The predicted octanol–water partition coefficient (Wildman–Crippen LogP) is 3.08. The standard InChI is InChI=1S/C15H19ClN4/c16-14-6-4-13(5-7-14)15-12-20(18-17-15)11-10-19-8-2-1-3-9-19/h4-7,12H,1-3,8-11H2. The molecule has 0 saturated carbocycles. The van der Waals surface area contributed by atoms with E-state index in [-0.39, 0.29) is 0 Å². The van der Waals surface area contributed by atoms with Crippen LogP contribution < -0.4 is 0 Å². The molecule has 3 rings (SSSR count). The van der Waals surface area contributed by atoms with Crippen LogP contribution in [0.3, 0.4) is 0 Å². The van der Waals surface area contributed by atoms with Gasteiger partial charge < -0.3 is 4.90 Å². The van der Waals surface area contributed by atoms with E-state index in [1.807, 2.05) is 35.1 Å². The molecule has 4 nitrogen and oxygen atoms in total. The molecule has 20 heavy (non-hydrogen) atoms. The number of hydrogen-bond donors (Lipinski definition) is 0. The molecule has 0 N–H and O–H groups in total. The predicted molar refractivity (Wildman–Crippen MR) is 80.8 cm³/mol. The molecule has 5 heteroatoms.